The van der Waals surface area contributed by atoms with Gasteiger partial charge in [-0.05, 0) is 66.1 Å². The number of hydrogen-bond acceptors (Lipinski definition) is 3. The van der Waals surface area contributed by atoms with Crippen molar-refractivity contribution in [2.24, 2.45) is 0 Å². The molecule has 4 rings (SSSR count). The van der Waals surface area contributed by atoms with Crippen LogP contribution in [-0.2, 0) is 24.2 Å². The second-order valence-electron chi connectivity index (χ2n) is 8.81. The molecule has 3 aromatic rings. The maximum Gasteiger partial charge on any atom is 0.323 e. The second kappa shape index (κ2) is 9.62. The van der Waals surface area contributed by atoms with E-state index in [1.165, 1.54) is 18.2 Å². The summed E-state index contributed by atoms with van der Waals surface area (Å²) in [5, 5.41) is 9.30. The third-order valence-corrected chi connectivity index (χ3v) is 6.01. The highest BCUT2D eigenvalue weighted by Gasteiger charge is 2.36. The van der Waals surface area contributed by atoms with Crippen LogP contribution in [0.3, 0.4) is 0 Å². The minimum atomic E-state index is -1.26. The van der Waals surface area contributed by atoms with E-state index in [9.17, 15) is 27.9 Å². The van der Waals surface area contributed by atoms with Crippen LogP contribution >= 0.6 is 11.6 Å². The maximum atomic E-state index is 13.9. The number of amides is 1. The van der Waals surface area contributed by atoms with Crippen molar-refractivity contribution in [1.29, 1.82) is 0 Å². The van der Waals surface area contributed by atoms with Gasteiger partial charge in [-0.1, -0.05) is 17.7 Å². The number of hydrogen-bond donors (Lipinski definition) is 1. The molecular weight excluding hydrogens is 483 g/mol. The molecule has 5 nitrogen and oxygen atoms in total. The monoisotopic (exact) mass is 503 g/mol. The Balaban J connectivity index is 1.54. The Bertz CT molecular complexity index is 1300. The minimum Gasteiger partial charge on any atom is -0.487 e. The molecule has 0 saturated heterocycles. The van der Waals surface area contributed by atoms with Crippen LogP contribution in [0.1, 0.15) is 34.0 Å². The van der Waals surface area contributed by atoms with E-state index in [1.807, 2.05) is 6.92 Å². The Kier molecular flexibility index (Phi) is 6.76. The van der Waals surface area contributed by atoms with Crippen LogP contribution in [0.2, 0.25) is 5.02 Å². The molecule has 1 heterocycles. The Morgan fingerprint density at radius 1 is 1.03 bits per heavy atom. The summed E-state index contributed by atoms with van der Waals surface area (Å²) in [5.41, 5.74) is 1.09. The van der Waals surface area contributed by atoms with Crippen LogP contribution in [0.4, 0.5) is 13.2 Å². The summed E-state index contributed by atoms with van der Waals surface area (Å²) >= 11 is 5.76. The van der Waals surface area contributed by atoms with Gasteiger partial charge in [-0.15, -0.1) is 0 Å². The van der Waals surface area contributed by atoms with E-state index in [-0.39, 0.29) is 22.7 Å². The molecule has 9 heteroatoms. The summed E-state index contributed by atoms with van der Waals surface area (Å²) in [6, 6.07) is 12.1. The maximum absolute atomic E-state index is 13.9. The van der Waals surface area contributed by atoms with Gasteiger partial charge < -0.3 is 14.7 Å². The lowest BCUT2D eigenvalue weighted by atomic mass is 9.91. The van der Waals surface area contributed by atoms with Gasteiger partial charge >= 0.3 is 5.97 Å². The molecular formula is C26H21ClF3NO4. The molecule has 0 fully saturated rings. The van der Waals surface area contributed by atoms with Gasteiger partial charge in [0.25, 0.3) is 5.91 Å². The fourth-order valence-electron chi connectivity index (χ4n) is 4.30. The van der Waals surface area contributed by atoms with E-state index < -0.39 is 41.5 Å². The number of halogens is 4. The lowest BCUT2D eigenvalue weighted by molar-refractivity contribution is -0.137. The molecule has 1 N–H and O–H groups in total. The molecule has 0 bridgehead atoms. The Morgan fingerprint density at radius 2 is 1.74 bits per heavy atom. The first kappa shape index (κ1) is 24.6. The number of ether oxygens (including phenoxy) is 1. The summed E-state index contributed by atoms with van der Waals surface area (Å²) in [4.78, 5) is 25.5. The lowest BCUT2D eigenvalue weighted by Crippen LogP contribution is -2.35. The number of aliphatic carboxylic acids is 1. The van der Waals surface area contributed by atoms with Crippen LogP contribution < -0.4 is 4.74 Å². The number of carboxylic acids is 1. The van der Waals surface area contributed by atoms with Gasteiger partial charge in [0.1, 0.15) is 35.3 Å². The zero-order valence-electron chi connectivity index (χ0n) is 18.7. The third kappa shape index (κ3) is 5.77. The van der Waals surface area contributed by atoms with E-state index in [4.69, 9.17) is 16.3 Å². The van der Waals surface area contributed by atoms with Crippen molar-refractivity contribution in [3.05, 3.63) is 99.3 Å². The summed E-state index contributed by atoms with van der Waals surface area (Å²) in [5.74, 6) is -3.46. The van der Waals surface area contributed by atoms with Crippen molar-refractivity contribution in [1.82, 2.24) is 4.90 Å². The average Bonchev–Trinajstić information content (AvgIpc) is 3.09. The fraction of sp³-hybridized carbons (Fsp3) is 0.231. The molecule has 1 aliphatic rings. The number of carbonyl (C=O) groups is 2. The number of rotatable bonds is 7. The fourth-order valence-corrected chi connectivity index (χ4v) is 4.42. The van der Waals surface area contributed by atoms with Crippen molar-refractivity contribution in [2.75, 3.05) is 6.54 Å². The van der Waals surface area contributed by atoms with E-state index in [0.29, 0.717) is 30.2 Å². The lowest BCUT2D eigenvalue weighted by Gasteiger charge is -2.24. The number of carboxylic acid groups (broad SMARTS) is 1. The highest BCUT2D eigenvalue weighted by molar-refractivity contribution is 6.30. The summed E-state index contributed by atoms with van der Waals surface area (Å²) in [6.45, 7) is 0.938. The van der Waals surface area contributed by atoms with Crippen molar-refractivity contribution in [3.8, 4) is 5.75 Å². The van der Waals surface area contributed by atoms with E-state index in [0.717, 1.165) is 22.6 Å². The van der Waals surface area contributed by atoms with Gasteiger partial charge in [0.05, 0.1) is 5.02 Å². The first-order valence-electron chi connectivity index (χ1n) is 10.7. The number of benzene rings is 3. The standard InChI is InChI=1S/C26H21ClF3NO4/c1-26(11-15-2-4-21(27)22(30)8-15)12-18-9-17(3-5-23(18)35-26)25(34)31(14-24(32)33)13-16-6-19(28)10-20(29)7-16/h2-10H,11-14H2,1H3,(H,32,33). The molecule has 0 aromatic heterocycles. The van der Waals surface area contributed by atoms with Gasteiger partial charge in [0.2, 0.25) is 0 Å². The van der Waals surface area contributed by atoms with Gasteiger partial charge in [0, 0.05) is 31.0 Å². The van der Waals surface area contributed by atoms with Gasteiger partial charge in [-0.3, -0.25) is 9.59 Å². The predicted octanol–water partition coefficient (Wildman–Crippen LogP) is 5.42. The topological polar surface area (TPSA) is 66.8 Å². The van der Waals surface area contributed by atoms with Crippen LogP contribution in [0.15, 0.2) is 54.6 Å². The molecule has 1 atom stereocenters. The summed E-state index contributed by atoms with van der Waals surface area (Å²) < 4.78 is 47.1. The van der Waals surface area contributed by atoms with Crippen molar-refractivity contribution < 1.29 is 32.6 Å². The van der Waals surface area contributed by atoms with Crippen LogP contribution in [-0.4, -0.2) is 34.0 Å². The highest BCUT2D eigenvalue weighted by atomic mass is 35.5. The molecule has 0 aliphatic carbocycles. The number of nitrogens with zero attached hydrogens (tertiary/aromatic N) is 1. The molecule has 1 amide bonds. The summed E-state index contributed by atoms with van der Waals surface area (Å²) in [6.07, 6.45) is 0.830. The van der Waals surface area contributed by atoms with Gasteiger partial charge in [-0.25, -0.2) is 13.2 Å². The predicted molar refractivity (Wildman–Crippen MR) is 123 cm³/mol. The molecule has 0 saturated carbocycles. The molecule has 0 spiro atoms. The zero-order valence-corrected chi connectivity index (χ0v) is 19.4. The first-order valence-corrected chi connectivity index (χ1v) is 11.1. The van der Waals surface area contributed by atoms with Crippen LogP contribution in [0.5, 0.6) is 5.75 Å². The molecule has 35 heavy (non-hydrogen) atoms. The normalized spacial score (nSPS) is 16.5. The Hall–Kier alpha value is -3.52. The first-order chi connectivity index (χ1) is 16.5. The molecule has 182 valence electrons. The quantitative estimate of drug-likeness (QED) is 0.467. The minimum absolute atomic E-state index is 0.0320. The highest BCUT2D eigenvalue weighted by Crippen LogP contribution is 2.38. The van der Waals surface area contributed by atoms with Crippen LogP contribution in [0.25, 0.3) is 0 Å². The smallest absolute Gasteiger partial charge is 0.323 e. The van der Waals surface area contributed by atoms with Crippen LogP contribution in [0, 0.1) is 17.5 Å². The van der Waals surface area contributed by atoms with Crippen molar-refractivity contribution >= 4 is 23.5 Å². The van der Waals surface area contributed by atoms with Gasteiger partial charge in [-0.2, -0.15) is 0 Å². The molecule has 3 aromatic carbocycles. The Morgan fingerprint density at radius 3 is 2.40 bits per heavy atom. The zero-order chi connectivity index (χ0) is 25.3. The Labute approximate surface area is 204 Å². The van der Waals surface area contributed by atoms with Crippen molar-refractivity contribution in [2.45, 2.75) is 31.9 Å². The van der Waals surface area contributed by atoms with E-state index >= 15 is 0 Å². The molecule has 1 aliphatic heterocycles. The van der Waals surface area contributed by atoms with E-state index in [2.05, 4.69) is 0 Å². The van der Waals surface area contributed by atoms with Crippen molar-refractivity contribution in [3.63, 3.8) is 0 Å². The average molecular weight is 504 g/mol. The van der Waals surface area contributed by atoms with E-state index in [1.54, 1.807) is 18.2 Å². The molecule has 1 unspecified atom stereocenters. The summed E-state index contributed by atoms with van der Waals surface area (Å²) in [7, 11) is 0. The third-order valence-electron chi connectivity index (χ3n) is 5.70. The molecule has 0 radical (unpaired) electrons. The largest absolute Gasteiger partial charge is 0.487 e. The van der Waals surface area contributed by atoms with Gasteiger partial charge in [0.15, 0.2) is 0 Å². The SMILES string of the molecule is CC1(Cc2ccc(Cl)c(F)c2)Cc2cc(C(=O)N(CC(=O)O)Cc3cc(F)cc(F)c3)ccc2O1. The second-order valence-corrected chi connectivity index (χ2v) is 9.22. The number of fused-ring (bicyclic) bond motifs is 1. The number of carbonyl (C=O) groups excluding carboxylic acids is 1.